The molecule has 1 N–H and O–H groups in total. The molecule has 0 amide bonds. The molecular formula is C16H23N3O2. The fourth-order valence-electron chi connectivity index (χ4n) is 2.47. The van der Waals surface area contributed by atoms with Gasteiger partial charge in [-0.2, -0.15) is 0 Å². The molecule has 0 aliphatic rings. The first kappa shape index (κ1) is 15.5. The number of aromatic nitrogens is 3. The number of aliphatic hydroxyl groups is 1. The van der Waals surface area contributed by atoms with Gasteiger partial charge in [0.15, 0.2) is 0 Å². The second kappa shape index (κ2) is 6.26. The van der Waals surface area contributed by atoms with E-state index < -0.39 is 6.10 Å². The van der Waals surface area contributed by atoms with Crippen molar-refractivity contribution in [3.05, 3.63) is 46.8 Å². The number of aliphatic hydroxyl groups excluding tert-OH is 1. The van der Waals surface area contributed by atoms with Crippen molar-refractivity contribution < 1.29 is 5.11 Å². The summed E-state index contributed by atoms with van der Waals surface area (Å²) in [5.74, 6) is 1.01. The van der Waals surface area contributed by atoms with Crippen molar-refractivity contribution in [1.82, 2.24) is 14.1 Å². The summed E-state index contributed by atoms with van der Waals surface area (Å²) in [6.45, 7) is 7.87. The summed E-state index contributed by atoms with van der Waals surface area (Å²) in [5, 5.41) is 9.78. The lowest BCUT2D eigenvalue weighted by Crippen LogP contribution is -2.31. The molecule has 0 spiro atoms. The van der Waals surface area contributed by atoms with E-state index in [4.69, 9.17) is 0 Å². The van der Waals surface area contributed by atoms with Crippen LogP contribution >= 0.6 is 0 Å². The maximum absolute atomic E-state index is 12.5. The minimum Gasteiger partial charge on any atom is -0.391 e. The van der Waals surface area contributed by atoms with Gasteiger partial charge in [-0.05, 0) is 30.9 Å². The van der Waals surface area contributed by atoms with Gasteiger partial charge in [-0.15, -0.1) is 0 Å². The highest BCUT2D eigenvalue weighted by molar-refractivity contribution is 5.27. The van der Waals surface area contributed by atoms with Crippen LogP contribution in [0.15, 0.2) is 35.5 Å². The van der Waals surface area contributed by atoms with Gasteiger partial charge in [-0.3, -0.25) is 9.13 Å². The highest BCUT2D eigenvalue weighted by Crippen LogP contribution is 2.16. The van der Waals surface area contributed by atoms with Crippen LogP contribution in [0.4, 0.5) is 0 Å². The maximum Gasteiger partial charge on any atom is 0.334 e. The van der Waals surface area contributed by atoms with Gasteiger partial charge in [-0.1, -0.05) is 26.8 Å². The molecule has 0 fully saturated rings. The van der Waals surface area contributed by atoms with Crippen LogP contribution in [-0.4, -0.2) is 25.3 Å². The minimum atomic E-state index is -0.570. The third-order valence-electron chi connectivity index (χ3n) is 3.82. The molecule has 2 heterocycles. The molecule has 0 saturated carbocycles. The van der Waals surface area contributed by atoms with Crippen LogP contribution < -0.4 is 5.69 Å². The summed E-state index contributed by atoms with van der Waals surface area (Å²) in [5.41, 5.74) is 0.967. The van der Waals surface area contributed by atoms with Crippen molar-refractivity contribution in [3.8, 4) is 5.82 Å². The van der Waals surface area contributed by atoms with E-state index in [2.05, 4.69) is 18.8 Å². The highest BCUT2D eigenvalue weighted by atomic mass is 16.3. The number of nitrogens with zero attached hydrogens (tertiary/aromatic N) is 3. The van der Waals surface area contributed by atoms with Crippen LogP contribution in [0.3, 0.4) is 0 Å². The fraction of sp³-hybridized carbons (Fsp3) is 0.500. The van der Waals surface area contributed by atoms with Crippen molar-refractivity contribution in [3.63, 3.8) is 0 Å². The van der Waals surface area contributed by atoms with Gasteiger partial charge in [0.25, 0.3) is 0 Å². The fourth-order valence-corrected chi connectivity index (χ4v) is 2.47. The molecule has 0 unspecified atom stereocenters. The Kier molecular flexibility index (Phi) is 4.63. The zero-order valence-corrected chi connectivity index (χ0v) is 13.0. The minimum absolute atomic E-state index is 0.174. The van der Waals surface area contributed by atoms with Crippen molar-refractivity contribution in [2.75, 3.05) is 0 Å². The normalized spacial score (nSPS) is 14.4. The molecule has 0 radical (unpaired) electrons. The van der Waals surface area contributed by atoms with Gasteiger partial charge < -0.3 is 5.11 Å². The van der Waals surface area contributed by atoms with Crippen LogP contribution in [0.2, 0.25) is 0 Å². The molecular weight excluding hydrogens is 266 g/mol. The lowest BCUT2D eigenvalue weighted by Gasteiger charge is -2.18. The topological polar surface area (TPSA) is 60.1 Å². The molecule has 0 bridgehead atoms. The van der Waals surface area contributed by atoms with E-state index in [9.17, 15) is 9.90 Å². The third-order valence-corrected chi connectivity index (χ3v) is 3.82. The van der Waals surface area contributed by atoms with E-state index in [0.29, 0.717) is 18.2 Å². The van der Waals surface area contributed by atoms with Crippen LogP contribution in [0.1, 0.15) is 51.6 Å². The monoisotopic (exact) mass is 289 g/mol. The zero-order valence-electron chi connectivity index (χ0n) is 13.0. The Morgan fingerprint density at radius 3 is 2.43 bits per heavy atom. The van der Waals surface area contributed by atoms with Gasteiger partial charge in [0, 0.05) is 18.6 Å². The molecule has 114 valence electrons. The van der Waals surface area contributed by atoms with Gasteiger partial charge in [-0.25, -0.2) is 9.78 Å². The third kappa shape index (κ3) is 3.08. The Morgan fingerprint density at radius 2 is 1.95 bits per heavy atom. The first-order valence-corrected chi connectivity index (χ1v) is 7.39. The lowest BCUT2D eigenvalue weighted by atomic mass is 10.1. The Morgan fingerprint density at radius 1 is 1.24 bits per heavy atom. The molecule has 0 aliphatic heterocycles. The van der Waals surface area contributed by atoms with E-state index in [0.717, 1.165) is 5.56 Å². The molecule has 5 heteroatoms. The molecule has 0 aromatic carbocycles. The van der Waals surface area contributed by atoms with E-state index in [-0.39, 0.29) is 11.7 Å². The van der Waals surface area contributed by atoms with Gasteiger partial charge in [0.2, 0.25) is 0 Å². The van der Waals surface area contributed by atoms with Crippen LogP contribution in [0.25, 0.3) is 5.82 Å². The Bertz CT molecular complexity index is 638. The molecule has 2 aromatic heterocycles. The molecule has 5 nitrogen and oxygen atoms in total. The number of rotatable bonds is 5. The molecule has 2 atom stereocenters. The van der Waals surface area contributed by atoms with Gasteiger partial charge >= 0.3 is 5.69 Å². The Labute approximate surface area is 124 Å². The van der Waals surface area contributed by atoms with Crippen molar-refractivity contribution in [2.45, 2.75) is 52.2 Å². The molecule has 0 aliphatic carbocycles. The van der Waals surface area contributed by atoms with Crippen LogP contribution in [-0.2, 0) is 0 Å². The number of imidazole rings is 1. The summed E-state index contributed by atoms with van der Waals surface area (Å²) in [7, 11) is 0. The van der Waals surface area contributed by atoms with Crippen LogP contribution in [0.5, 0.6) is 0 Å². The highest BCUT2D eigenvalue weighted by Gasteiger charge is 2.18. The Balaban J connectivity index is 2.38. The predicted octanol–water partition coefficient (Wildman–Crippen LogP) is 2.49. The second-order valence-corrected chi connectivity index (χ2v) is 5.68. The van der Waals surface area contributed by atoms with Gasteiger partial charge in [0.1, 0.15) is 5.82 Å². The van der Waals surface area contributed by atoms with Crippen molar-refractivity contribution >= 4 is 0 Å². The zero-order chi connectivity index (χ0) is 15.6. The maximum atomic E-state index is 12.5. The van der Waals surface area contributed by atoms with E-state index >= 15 is 0 Å². The Hall–Kier alpha value is -1.88. The average Bonchev–Trinajstić information content (AvgIpc) is 2.81. The first-order valence-electron chi connectivity index (χ1n) is 7.39. The number of pyridine rings is 1. The summed E-state index contributed by atoms with van der Waals surface area (Å²) >= 11 is 0. The second-order valence-electron chi connectivity index (χ2n) is 5.68. The molecule has 0 saturated heterocycles. The summed E-state index contributed by atoms with van der Waals surface area (Å²) in [6.07, 6.45) is 5.34. The number of hydrogen-bond acceptors (Lipinski definition) is 3. The smallest absolute Gasteiger partial charge is 0.334 e. The molecule has 2 aromatic rings. The SMILES string of the molecule is CC[C@@H]([C@@H](C)O)n1ccn(-c2ccc(C(C)C)cn2)c1=O. The average molecular weight is 289 g/mol. The van der Waals surface area contributed by atoms with Crippen molar-refractivity contribution in [2.24, 2.45) is 0 Å². The summed E-state index contributed by atoms with van der Waals surface area (Å²) in [6, 6.07) is 3.63. The standard InChI is InChI=1S/C16H23N3O2/c1-5-14(12(4)20)18-8-9-19(16(18)21)15-7-6-13(10-17-15)11(2)3/h6-12,14,20H,5H2,1-4H3/t12-,14+/m1/s1. The largest absolute Gasteiger partial charge is 0.391 e. The van der Waals surface area contributed by atoms with Gasteiger partial charge in [0.05, 0.1) is 12.1 Å². The predicted molar refractivity (Wildman–Crippen MR) is 82.9 cm³/mol. The summed E-state index contributed by atoms with van der Waals surface area (Å²) in [4.78, 5) is 16.8. The quantitative estimate of drug-likeness (QED) is 0.920. The van der Waals surface area contributed by atoms with E-state index in [1.165, 1.54) is 4.57 Å². The summed E-state index contributed by atoms with van der Waals surface area (Å²) < 4.78 is 3.08. The van der Waals surface area contributed by atoms with E-state index in [1.54, 1.807) is 30.1 Å². The van der Waals surface area contributed by atoms with Crippen molar-refractivity contribution in [1.29, 1.82) is 0 Å². The molecule has 2 rings (SSSR count). The first-order chi connectivity index (χ1) is 9.95. The van der Waals surface area contributed by atoms with E-state index in [1.807, 2.05) is 19.1 Å². The van der Waals surface area contributed by atoms with Crippen LogP contribution in [0, 0.1) is 0 Å². The number of hydrogen-bond donors (Lipinski definition) is 1. The lowest BCUT2D eigenvalue weighted by molar-refractivity contribution is 0.125. The molecule has 21 heavy (non-hydrogen) atoms.